The molecule has 15 heavy (non-hydrogen) atoms. The van der Waals surface area contributed by atoms with Gasteiger partial charge in [-0.05, 0) is 25.0 Å². The smallest absolute Gasteiger partial charge is 0.136 e. The molecular formula is C13H19NO. The summed E-state index contributed by atoms with van der Waals surface area (Å²) in [5, 5.41) is 0. The van der Waals surface area contributed by atoms with E-state index in [2.05, 4.69) is 11.9 Å². The maximum Gasteiger partial charge on any atom is 0.136 e. The Morgan fingerprint density at radius 2 is 2.27 bits per heavy atom. The molecule has 1 atom stereocenters. The number of aryl methyl sites for hydroxylation is 1. The number of aromatic nitrogens is 1. The number of hydrogen-bond donors (Lipinski definition) is 0. The second-order valence-corrected chi connectivity index (χ2v) is 3.98. The normalized spacial score (nSPS) is 12.4. The van der Waals surface area contributed by atoms with Gasteiger partial charge < -0.3 is 0 Å². The van der Waals surface area contributed by atoms with Crippen LogP contribution >= 0.6 is 0 Å². The lowest BCUT2D eigenvalue weighted by Gasteiger charge is -2.08. The van der Waals surface area contributed by atoms with E-state index in [9.17, 15) is 4.79 Å². The van der Waals surface area contributed by atoms with Gasteiger partial charge in [0.05, 0.1) is 0 Å². The van der Waals surface area contributed by atoms with Crippen molar-refractivity contribution in [1.82, 2.24) is 4.98 Å². The van der Waals surface area contributed by atoms with E-state index in [-0.39, 0.29) is 5.92 Å². The fourth-order valence-electron chi connectivity index (χ4n) is 1.64. The quantitative estimate of drug-likeness (QED) is 0.714. The maximum absolute atomic E-state index is 11.7. The molecule has 0 bridgehead atoms. The van der Waals surface area contributed by atoms with Gasteiger partial charge in [0.2, 0.25) is 0 Å². The molecule has 0 aliphatic heterocycles. The van der Waals surface area contributed by atoms with Gasteiger partial charge in [-0.2, -0.15) is 0 Å². The van der Waals surface area contributed by atoms with Crippen LogP contribution in [0.3, 0.4) is 0 Å². The van der Waals surface area contributed by atoms with E-state index in [4.69, 9.17) is 0 Å². The monoisotopic (exact) mass is 205 g/mol. The van der Waals surface area contributed by atoms with E-state index < -0.39 is 0 Å². The predicted molar refractivity (Wildman–Crippen MR) is 61.6 cm³/mol. The minimum Gasteiger partial charge on any atom is -0.299 e. The van der Waals surface area contributed by atoms with Gasteiger partial charge in [0.25, 0.3) is 0 Å². The highest BCUT2D eigenvalue weighted by Gasteiger charge is 2.11. The van der Waals surface area contributed by atoms with Gasteiger partial charge in [-0.15, -0.1) is 0 Å². The molecule has 0 amide bonds. The standard InChI is InChI=1S/C13H19NO/c1-3-6-11(2)13(15)9-8-12-7-4-5-10-14-12/h4-5,7,10-11H,3,6,8-9H2,1-2H3. The van der Waals surface area contributed by atoms with Crippen LogP contribution < -0.4 is 0 Å². The van der Waals surface area contributed by atoms with Crippen LogP contribution in [0.1, 0.15) is 38.8 Å². The first kappa shape index (κ1) is 11.9. The summed E-state index contributed by atoms with van der Waals surface area (Å²) in [5.41, 5.74) is 1.01. The maximum atomic E-state index is 11.7. The number of ketones is 1. The van der Waals surface area contributed by atoms with Crippen molar-refractivity contribution in [1.29, 1.82) is 0 Å². The van der Waals surface area contributed by atoms with Crippen molar-refractivity contribution in [2.45, 2.75) is 39.5 Å². The molecule has 1 heterocycles. The number of Topliss-reactive ketones (excluding diaryl/α,β-unsaturated/α-hetero) is 1. The average molecular weight is 205 g/mol. The topological polar surface area (TPSA) is 30.0 Å². The Morgan fingerprint density at radius 3 is 2.87 bits per heavy atom. The first-order valence-corrected chi connectivity index (χ1v) is 5.66. The predicted octanol–water partition coefficient (Wildman–Crippen LogP) is 3.02. The number of rotatable bonds is 6. The Hall–Kier alpha value is -1.18. The first-order chi connectivity index (χ1) is 7.24. The fraction of sp³-hybridized carbons (Fsp3) is 0.538. The lowest BCUT2D eigenvalue weighted by Crippen LogP contribution is -2.11. The van der Waals surface area contributed by atoms with Gasteiger partial charge in [-0.1, -0.05) is 26.3 Å². The third-order valence-electron chi connectivity index (χ3n) is 2.63. The van der Waals surface area contributed by atoms with E-state index in [0.29, 0.717) is 12.2 Å². The Morgan fingerprint density at radius 1 is 1.47 bits per heavy atom. The van der Waals surface area contributed by atoms with E-state index in [1.165, 1.54) is 0 Å². The zero-order valence-corrected chi connectivity index (χ0v) is 9.57. The van der Waals surface area contributed by atoms with Gasteiger partial charge >= 0.3 is 0 Å². The summed E-state index contributed by atoms with van der Waals surface area (Å²) in [6, 6.07) is 5.82. The third-order valence-corrected chi connectivity index (χ3v) is 2.63. The molecule has 1 aromatic rings. The van der Waals surface area contributed by atoms with E-state index in [0.717, 1.165) is 25.0 Å². The van der Waals surface area contributed by atoms with Crippen LogP contribution in [0.25, 0.3) is 0 Å². The molecule has 0 spiro atoms. The largest absolute Gasteiger partial charge is 0.299 e. The van der Waals surface area contributed by atoms with E-state index in [1.807, 2.05) is 25.1 Å². The first-order valence-electron chi connectivity index (χ1n) is 5.66. The summed E-state index contributed by atoms with van der Waals surface area (Å²) in [6.45, 7) is 4.13. The van der Waals surface area contributed by atoms with Crippen LogP contribution in [0.15, 0.2) is 24.4 Å². The summed E-state index contributed by atoms with van der Waals surface area (Å²) >= 11 is 0. The van der Waals surface area contributed by atoms with Crippen molar-refractivity contribution >= 4 is 5.78 Å². The highest BCUT2D eigenvalue weighted by molar-refractivity contribution is 5.80. The summed E-state index contributed by atoms with van der Waals surface area (Å²) in [4.78, 5) is 15.9. The zero-order chi connectivity index (χ0) is 11.1. The highest BCUT2D eigenvalue weighted by atomic mass is 16.1. The molecule has 0 fully saturated rings. The van der Waals surface area contributed by atoms with Gasteiger partial charge in [0.1, 0.15) is 5.78 Å². The molecule has 0 saturated carbocycles. The van der Waals surface area contributed by atoms with Gasteiger partial charge in [-0.25, -0.2) is 0 Å². The lowest BCUT2D eigenvalue weighted by atomic mass is 9.97. The number of hydrogen-bond acceptors (Lipinski definition) is 2. The number of carbonyl (C=O) groups is 1. The van der Waals surface area contributed by atoms with Crippen molar-refractivity contribution in [3.8, 4) is 0 Å². The van der Waals surface area contributed by atoms with Crippen LogP contribution in [0.5, 0.6) is 0 Å². The minimum atomic E-state index is 0.207. The summed E-state index contributed by atoms with van der Waals surface area (Å²) in [6.07, 6.45) is 5.25. The average Bonchev–Trinajstić information content (AvgIpc) is 2.27. The Bertz CT molecular complexity index is 295. The van der Waals surface area contributed by atoms with Crippen molar-refractivity contribution in [2.75, 3.05) is 0 Å². The second kappa shape index (κ2) is 6.33. The van der Waals surface area contributed by atoms with Crippen LogP contribution in [-0.4, -0.2) is 10.8 Å². The van der Waals surface area contributed by atoms with Crippen molar-refractivity contribution in [3.63, 3.8) is 0 Å². The molecule has 82 valence electrons. The molecule has 0 radical (unpaired) electrons. The molecule has 0 aliphatic rings. The Labute approximate surface area is 91.7 Å². The highest BCUT2D eigenvalue weighted by Crippen LogP contribution is 2.10. The summed E-state index contributed by atoms with van der Waals surface area (Å²) in [7, 11) is 0. The molecule has 1 rings (SSSR count). The number of pyridine rings is 1. The molecule has 0 aromatic carbocycles. The zero-order valence-electron chi connectivity index (χ0n) is 9.57. The van der Waals surface area contributed by atoms with Crippen LogP contribution in [0.4, 0.5) is 0 Å². The molecular weight excluding hydrogens is 186 g/mol. The molecule has 1 aromatic heterocycles. The second-order valence-electron chi connectivity index (χ2n) is 3.98. The third kappa shape index (κ3) is 4.24. The molecule has 2 heteroatoms. The number of nitrogens with zero attached hydrogens (tertiary/aromatic N) is 1. The molecule has 0 aliphatic carbocycles. The van der Waals surface area contributed by atoms with E-state index in [1.54, 1.807) is 6.20 Å². The van der Waals surface area contributed by atoms with Gasteiger partial charge in [0, 0.05) is 24.2 Å². The summed E-state index contributed by atoms with van der Waals surface area (Å²) < 4.78 is 0. The van der Waals surface area contributed by atoms with Crippen LogP contribution in [0.2, 0.25) is 0 Å². The lowest BCUT2D eigenvalue weighted by molar-refractivity contribution is -0.122. The van der Waals surface area contributed by atoms with Crippen molar-refractivity contribution in [3.05, 3.63) is 30.1 Å². The minimum absolute atomic E-state index is 0.207. The van der Waals surface area contributed by atoms with Gasteiger partial charge in [0.15, 0.2) is 0 Å². The van der Waals surface area contributed by atoms with Gasteiger partial charge in [-0.3, -0.25) is 9.78 Å². The van der Waals surface area contributed by atoms with E-state index >= 15 is 0 Å². The Balaban J connectivity index is 2.34. The van der Waals surface area contributed by atoms with Crippen LogP contribution in [0, 0.1) is 5.92 Å². The fourth-order valence-corrected chi connectivity index (χ4v) is 1.64. The molecule has 0 N–H and O–H groups in total. The number of carbonyl (C=O) groups excluding carboxylic acids is 1. The molecule has 2 nitrogen and oxygen atoms in total. The summed E-state index contributed by atoms with van der Waals surface area (Å²) in [5.74, 6) is 0.571. The molecule has 0 saturated heterocycles. The Kier molecular flexibility index (Phi) is 5.02. The van der Waals surface area contributed by atoms with Crippen molar-refractivity contribution < 1.29 is 4.79 Å². The molecule has 1 unspecified atom stereocenters. The SMILES string of the molecule is CCCC(C)C(=O)CCc1ccccn1. The van der Waals surface area contributed by atoms with Crippen LogP contribution in [-0.2, 0) is 11.2 Å². The van der Waals surface area contributed by atoms with Crippen molar-refractivity contribution in [2.24, 2.45) is 5.92 Å².